The highest BCUT2D eigenvalue weighted by Gasteiger charge is 2.30. The Morgan fingerprint density at radius 3 is 1.85 bits per heavy atom. The molecule has 0 fully saturated rings. The molecule has 7 N–H and O–H groups in total. The van der Waals surface area contributed by atoms with Gasteiger partial charge in [-0.2, -0.15) is 0 Å². The van der Waals surface area contributed by atoms with Gasteiger partial charge < -0.3 is 30.8 Å². The fraction of sp³-hybridized carbons (Fsp3) is 1.00. The molecule has 0 aliphatic carbocycles. The third-order valence-electron chi connectivity index (χ3n) is 1.80. The van der Waals surface area contributed by atoms with Gasteiger partial charge in [0.15, 0.2) is 0 Å². The Hall–Kier alpha value is -0.240. The van der Waals surface area contributed by atoms with E-state index in [0.717, 1.165) is 0 Å². The van der Waals surface area contributed by atoms with E-state index < -0.39 is 31.0 Å². The summed E-state index contributed by atoms with van der Waals surface area (Å²) in [7, 11) is 1.70. The van der Waals surface area contributed by atoms with Crippen LogP contribution in [0, 0.1) is 0 Å². The quantitative estimate of drug-likeness (QED) is 0.256. The van der Waals surface area contributed by atoms with Crippen LogP contribution in [0.2, 0.25) is 0 Å². The van der Waals surface area contributed by atoms with Crippen molar-refractivity contribution in [1.82, 2.24) is 0 Å². The van der Waals surface area contributed by atoms with E-state index in [9.17, 15) is 10.2 Å². The summed E-state index contributed by atoms with van der Waals surface area (Å²) >= 11 is 0. The van der Waals surface area contributed by atoms with E-state index >= 15 is 0 Å². The second kappa shape index (κ2) is 6.25. The van der Waals surface area contributed by atoms with Crippen LogP contribution in [-0.4, -0.2) is 70.1 Å². The summed E-state index contributed by atoms with van der Waals surface area (Å²) in [5, 5.41) is 46.6. The Balaban J connectivity index is 3.99. The normalized spacial score (nSPS) is 20.8. The highest BCUT2D eigenvalue weighted by molar-refractivity contribution is 4.79. The zero-order valence-corrected chi connectivity index (χ0v) is 7.54. The van der Waals surface area contributed by atoms with Crippen molar-refractivity contribution in [1.29, 1.82) is 0 Å². The lowest BCUT2D eigenvalue weighted by molar-refractivity contribution is -0.635. The largest absolute Gasteiger partial charge is 0.394 e. The Kier molecular flexibility index (Phi) is 6.13. The van der Waals surface area contributed by atoms with Crippen molar-refractivity contribution in [3.05, 3.63) is 0 Å². The Morgan fingerprint density at radius 2 is 1.46 bits per heavy atom. The number of rotatable bonds is 6. The van der Waals surface area contributed by atoms with Gasteiger partial charge in [0.25, 0.3) is 0 Å². The van der Waals surface area contributed by atoms with Crippen LogP contribution in [0.4, 0.5) is 0 Å². The van der Waals surface area contributed by atoms with E-state index in [-0.39, 0.29) is 6.54 Å². The van der Waals surface area contributed by atoms with Crippen LogP contribution in [0.3, 0.4) is 0 Å². The molecule has 0 aromatic rings. The molecule has 80 valence electrons. The van der Waals surface area contributed by atoms with Crippen LogP contribution >= 0.6 is 0 Å². The first kappa shape index (κ1) is 12.8. The maximum atomic E-state index is 9.23. The molecule has 0 spiro atoms. The van der Waals surface area contributed by atoms with Gasteiger partial charge >= 0.3 is 0 Å². The Bertz CT molecular complexity index is 134. The summed E-state index contributed by atoms with van der Waals surface area (Å²) in [5.41, 5.74) is 0. The van der Waals surface area contributed by atoms with Crippen LogP contribution in [0.5, 0.6) is 0 Å². The molecule has 0 amide bonds. The van der Waals surface area contributed by atoms with Crippen molar-refractivity contribution < 1.29 is 30.8 Å². The van der Waals surface area contributed by atoms with Crippen molar-refractivity contribution >= 4 is 0 Å². The molecule has 6 heteroatoms. The third-order valence-corrected chi connectivity index (χ3v) is 1.80. The van der Waals surface area contributed by atoms with Gasteiger partial charge in [-0.3, -0.25) is 0 Å². The first-order chi connectivity index (χ1) is 6.04. The van der Waals surface area contributed by atoms with Crippen LogP contribution in [0.1, 0.15) is 0 Å². The topological polar surface area (TPSA) is 118 Å². The molecule has 0 aliphatic rings. The van der Waals surface area contributed by atoms with Crippen LogP contribution < -0.4 is 5.32 Å². The van der Waals surface area contributed by atoms with Crippen molar-refractivity contribution in [2.24, 2.45) is 0 Å². The second-order valence-electron chi connectivity index (χ2n) is 2.94. The molecule has 3 unspecified atom stereocenters. The number of quaternary nitrogens is 1. The van der Waals surface area contributed by atoms with Gasteiger partial charge in [0, 0.05) is 0 Å². The summed E-state index contributed by atoms with van der Waals surface area (Å²) < 4.78 is 0. The second-order valence-corrected chi connectivity index (χ2v) is 2.94. The lowest BCUT2D eigenvalue weighted by Gasteiger charge is -2.24. The Morgan fingerprint density at radius 1 is 1.00 bits per heavy atom. The number of nitrogens with two attached hydrogens (primary N) is 1. The molecule has 0 aliphatic heterocycles. The van der Waals surface area contributed by atoms with E-state index in [0.29, 0.717) is 0 Å². The molecule has 0 aromatic heterocycles. The highest BCUT2D eigenvalue weighted by Crippen LogP contribution is 2.03. The highest BCUT2D eigenvalue weighted by atomic mass is 16.4. The Labute approximate surface area is 76.4 Å². The molecule has 0 bridgehead atoms. The number of aliphatic hydroxyl groups is 5. The van der Waals surface area contributed by atoms with Gasteiger partial charge in [-0.15, -0.1) is 0 Å². The van der Waals surface area contributed by atoms with Crippen LogP contribution in [0.25, 0.3) is 0 Å². The van der Waals surface area contributed by atoms with Crippen molar-refractivity contribution in [2.45, 2.75) is 24.4 Å². The molecule has 4 atom stereocenters. The molecule has 0 aromatic carbocycles. The zero-order valence-electron chi connectivity index (χ0n) is 7.54. The van der Waals surface area contributed by atoms with Crippen molar-refractivity contribution in [2.75, 3.05) is 20.2 Å². The number of hydrogen-bond donors (Lipinski definition) is 6. The summed E-state index contributed by atoms with van der Waals surface area (Å²) in [6.45, 7) is -0.433. The molecule has 0 radical (unpaired) electrons. The molecule has 0 rings (SSSR count). The molecule has 0 saturated carbocycles. The van der Waals surface area contributed by atoms with Gasteiger partial charge in [-0.1, -0.05) is 0 Å². The maximum Gasteiger partial charge on any atom is 0.131 e. The van der Waals surface area contributed by atoms with E-state index in [1.54, 1.807) is 12.4 Å². The molecule has 0 heterocycles. The minimum atomic E-state index is -1.53. The molecular weight excluding hydrogens is 178 g/mol. The molecule has 13 heavy (non-hydrogen) atoms. The zero-order chi connectivity index (χ0) is 10.4. The fourth-order valence-electron chi connectivity index (χ4n) is 0.944. The number of aliphatic hydroxyl groups excluding tert-OH is 5. The van der Waals surface area contributed by atoms with Gasteiger partial charge in [-0.25, -0.2) is 0 Å². The lowest BCUT2D eigenvalue weighted by atomic mass is 10.0. The summed E-state index contributed by atoms with van der Waals surface area (Å²) in [4.78, 5) is 0. The summed E-state index contributed by atoms with van der Waals surface area (Å²) in [6, 6.07) is 0. The number of hydrogen-bond acceptors (Lipinski definition) is 5. The fourth-order valence-corrected chi connectivity index (χ4v) is 0.944. The SMILES string of the molecule is C[NH2+]CC(O)C(O)C(O)[C@@H](O)CO. The third kappa shape index (κ3) is 3.99. The molecule has 6 nitrogen and oxygen atoms in total. The van der Waals surface area contributed by atoms with Gasteiger partial charge in [0.05, 0.1) is 13.7 Å². The predicted octanol–water partition coefficient (Wildman–Crippen LogP) is -4.38. The summed E-state index contributed by atoms with van der Waals surface area (Å²) in [6.07, 6.45) is -5.53. The van der Waals surface area contributed by atoms with Crippen molar-refractivity contribution in [3.63, 3.8) is 0 Å². The standard InChI is InChI=1S/C7H17NO5/c1-8-2-4(10)6(12)7(13)5(11)3-9/h4-13H,2-3H2,1H3/p+1/t4?,5-,6?,7?/m0/s1. The van der Waals surface area contributed by atoms with E-state index in [4.69, 9.17) is 15.3 Å². The van der Waals surface area contributed by atoms with E-state index in [2.05, 4.69) is 0 Å². The van der Waals surface area contributed by atoms with E-state index in [1.807, 2.05) is 0 Å². The minimum Gasteiger partial charge on any atom is -0.394 e. The average molecular weight is 196 g/mol. The van der Waals surface area contributed by atoms with Crippen LogP contribution in [0.15, 0.2) is 0 Å². The van der Waals surface area contributed by atoms with Gasteiger partial charge in [0.1, 0.15) is 31.0 Å². The van der Waals surface area contributed by atoms with Gasteiger partial charge in [-0.05, 0) is 0 Å². The average Bonchev–Trinajstić information content (AvgIpc) is 2.14. The lowest BCUT2D eigenvalue weighted by Crippen LogP contribution is -2.83. The van der Waals surface area contributed by atoms with E-state index in [1.165, 1.54) is 0 Å². The number of likely N-dealkylation sites (N-methyl/N-ethyl adjacent to an activating group) is 1. The minimum absolute atomic E-state index is 0.219. The predicted molar refractivity (Wildman–Crippen MR) is 43.8 cm³/mol. The van der Waals surface area contributed by atoms with Gasteiger partial charge in [0.2, 0.25) is 0 Å². The first-order valence-electron chi connectivity index (χ1n) is 4.15. The molecular formula is C7H18NO5+. The maximum absolute atomic E-state index is 9.23. The monoisotopic (exact) mass is 196 g/mol. The van der Waals surface area contributed by atoms with Crippen LogP contribution in [-0.2, 0) is 0 Å². The summed E-state index contributed by atoms with van der Waals surface area (Å²) in [5.74, 6) is 0. The first-order valence-corrected chi connectivity index (χ1v) is 4.15. The smallest absolute Gasteiger partial charge is 0.131 e. The van der Waals surface area contributed by atoms with Crippen molar-refractivity contribution in [3.8, 4) is 0 Å². The molecule has 0 saturated heterocycles.